The van der Waals surface area contributed by atoms with Gasteiger partial charge in [-0.05, 0) is 24.3 Å². The van der Waals surface area contributed by atoms with Crippen molar-refractivity contribution in [1.82, 2.24) is 14.3 Å². The minimum absolute atomic E-state index is 0.00767. The van der Waals surface area contributed by atoms with Gasteiger partial charge in [-0.25, -0.2) is 4.98 Å². The van der Waals surface area contributed by atoms with Crippen LogP contribution in [0.3, 0.4) is 0 Å². The standard InChI is InChI=1S/C20H23N5O3S/c1-23(19(27)12-16-13-25-8-11-29-20(25)22-16)14-18(26)21-15-2-4-17(5-3-15)24-6-9-28-10-7-24/h2-5,8,11,13H,6-7,9-10,12,14H2,1H3,(H,21,26). The highest BCUT2D eigenvalue weighted by atomic mass is 32.1. The molecule has 0 unspecified atom stereocenters. The number of rotatable bonds is 6. The van der Waals surface area contributed by atoms with E-state index in [4.69, 9.17) is 4.74 Å². The number of nitrogens with zero attached hydrogens (tertiary/aromatic N) is 4. The molecule has 2 aromatic heterocycles. The lowest BCUT2D eigenvalue weighted by Crippen LogP contribution is -2.36. The van der Waals surface area contributed by atoms with Gasteiger partial charge in [-0.1, -0.05) is 0 Å². The molecule has 29 heavy (non-hydrogen) atoms. The van der Waals surface area contributed by atoms with Gasteiger partial charge in [0.15, 0.2) is 4.96 Å². The number of amides is 2. The minimum atomic E-state index is -0.231. The van der Waals surface area contributed by atoms with Gasteiger partial charge in [0.1, 0.15) is 0 Å². The van der Waals surface area contributed by atoms with Crippen LogP contribution in [-0.2, 0) is 20.7 Å². The summed E-state index contributed by atoms with van der Waals surface area (Å²) in [5.41, 5.74) is 2.52. The van der Waals surface area contributed by atoms with E-state index in [1.54, 1.807) is 7.05 Å². The van der Waals surface area contributed by atoms with Crippen molar-refractivity contribution in [3.05, 3.63) is 47.7 Å². The molecule has 0 bridgehead atoms. The molecule has 1 aromatic carbocycles. The topological polar surface area (TPSA) is 79.2 Å². The van der Waals surface area contributed by atoms with Gasteiger partial charge in [0.05, 0.1) is 31.9 Å². The number of aromatic nitrogens is 2. The molecule has 8 nitrogen and oxygen atoms in total. The summed E-state index contributed by atoms with van der Waals surface area (Å²) in [5, 5.41) is 4.79. The molecule has 3 aromatic rings. The van der Waals surface area contributed by atoms with Crippen molar-refractivity contribution in [2.24, 2.45) is 0 Å². The third-order valence-corrected chi connectivity index (χ3v) is 5.58. The summed E-state index contributed by atoms with van der Waals surface area (Å²) in [7, 11) is 1.63. The predicted octanol–water partition coefficient (Wildman–Crippen LogP) is 1.87. The fourth-order valence-electron chi connectivity index (χ4n) is 3.23. The Morgan fingerprint density at radius 2 is 2.00 bits per heavy atom. The molecule has 0 spiro atoms. The molecule has 3 heterocycles. The zero-order chi connectivity index (χ0) is 20.2. The van der Waals surface area contributed by atoms with Gasteiger partial charge in [0, 0.05) is 49.3 Å². The van der Waals surface area contributed by atoms with E-state index in [-0.39, 0.29) is 24.8 Å². The normalized spacial score (nSPS) is 14.2. The van der Waals surface area contributed by atoms with E-state index in [2.05, 4.69) is 15.2 Å². The molecule has 0 atom stereocenters. The number of carbonyl (C=O) groups excluding carboxylic acids is 2. The molecule has 1 fully saturated rings. The number of imidazole rings is 1. The zero-order valence-electron chi connectivity index (χ0n) is 16.2. The van der Waals surface area contributed by atoms with Crippen molar-refractivity contribution in [1.29, 1.82) is 0 Å². The number of nitrogens with one attached hydrogen (secondary N) is 1. The fraction of sp³-hybridized carbons (Fsp3) is 0.350. The molecule has 4 rings (SSSR count). The van der Waals surface area contributed by atoms with Crippen LogP contribution in [0, 0.1) is 0 Å². The van der Waals surface area contributed by atoms with Crippen molar-refractivity contribution in [3.8, 4) is 0 Å². The molecule has 1 saturated heterocycles. The highest BCUT2D eigenvalue weighted by molar-refractivity contribution is 7.15. The lowest BCUT2D eigenvalue weighted by molar-refractivity contribution is -0.132. The average molecular weight is 414 g/mol. The molecule has 1 aliphatic rings. The Morgan fingerprint density at radius 1 is 1.24 bits per heavy atom. The maximum Gasteiger partial charge on any atom is 0.243 e. The summed E-state index contributed by atoms with van der Waals surface area (Å²) < 4.78 is 7.26. The highest BCUT2D eigenvalue weighted by Crippen LogP contribution is 2.19. The molecule has 2 amide bonds. The number of fused-ring (bicyclic) bond motifs is 1. The number of morpholine rings is 1. The van der Waals surface area contributed by atoms with Gasteiger partial charge < -0.3 is 19.9 Å². The van der Waals surface area contributed by atoms with Crippen LogP contribution in [0.4, 0.5) is 11.4 Å². The van der Waals surface area contributed by atoms with Crippen LogP contribution in [0.15, 0.2) is 42.0 Å². The number of anilines is 2. The van der Waals surface area contributed by atoms with E-state index in [0.717, 1.165) is 37.0 Å². The molecule has 0 aliphatic carbocycles. The number of thiazole rings is 1. The summed E-state index contributed by atoms with van der Waals surface area (Å²) in [4.78, 5) is 33.7. The second-order valence-electron chi connectivity index (χ2n) is 6.95. The van der Waals surface area contributed by atoms with Crippen LogP contribution in [0.5, 0.6) is 0 Å². The van der Waals surface area contributed by atoms with Gasteiger partial charge in [0.25, 0.3) is 0 Å². The molecular weight excluding hydrogens is 390 g/mol. The molecule has 0 saturated carbocycles. The quantitative estimate of drug-likeness (QED) is 0.668. The van der Waals surface area contributed by atoms with Crippen LogP contribution >= 0.6 is 11.3 Å². The van der Waals surface area contributed by atoms with Gasteiger partial charge >= 0.3 is 0 Å². The summed E-state index contributed by atoms with van der Waals surface area (Å²) in [6.45, 7) is 3.19. The summed E-state index contributed by atoms with van der Waals surface area (Å²) in [6, 6.07) is 7.73. The van der Waals surface area contributed by atoms with E-state index in [1.807, 2.05) is 46.4 Å². The zero-order valence-corrected chi connectivity index (χ0v) is 17.0. The number of ether oxygens (including phenoxy) is 1. The minimum Gasteiger partial charge on any atom is -0.378 e. The maximum atomic E-state index is 12.4. The second-order valence-corrected chi connectivity index (χ2v) is 7.82. The van der Waals surface area contributed by atoms with Crippen molar-refractivity contribution >= 4 is 39.5 Å². The lowest BCUT2D eigenvalue weighted by atomic mass is 10.2. The smallest absolute Gasteiger partial charge is 0.243 e. The Hall–Kier alpha value is -2.91. The second kappa shape index (κ2) is 8.62. The average Bonchev–Trinajstić information content (AvgIpc) is 3.31. The van der Waals surface area contributed by atoms with E-state index >= 15 is 0 Å². The van der Waals surface area contributed by atoms with E-state index < -0.39 is 0 Å². The number of hydrogen-bond donors (Lipinski definition) is 1. The highest BCUT2D eigenvalue weighted by Gasteiger charge is 2.16. The largest absolute Gasteiger partial charge is 0.378 e. The van der Waals surface area contributed by atoms with Gasteiger partial charge in [-0.2, -0.15) is 0 Å². The Bertz CT molecular complexity index is 963. The Morgan fingerprint density at radius 3 is 2.72 bits per heavy atom. The van der Waals surface area contributed by atoms with Crippen molar-refractivity contribution in [2.75, 3.05) is 50.1 Å². The van der Waals surface area contributed by atoms with E-state index in [9.17, 15) is 9.59 Å². The van der Waals surface area contributed by atoms with Crippen LogP contribution in [0.25, 0.3) is 4.96 Å². The van der Waals surface area contributed by atoms with Crippen molar-refractivity contribution in [3.63, 3.8) is 0 Å². The van der Waals surface area contributed by atoms with Gasteiger partial charge in [-0.3, -0.25) is 14.0 Å². The van der Waals surface area contributed by atoms with Gasteiger partial charge in [0.2, 0.25) is 11.8 Å². The first-order valence-electron chi connectivity index (χ1n) is 9.46. The molecule has 152 valence electrons. The van der Waals surface area contributed by atoms with Crippen LogP contribution in [0.2, 0.25) is 0 Å². The summed E-state index contributed by atoms with van der Waals surface area (Å²) >= 11 is 1.52. The molecule has 0 radical (unpaired) electrons. The first kappa shape index (κ1) is 19.4. The molecular formula is C20H23N5O3S. The van der Waals surface area contributed by atoms with E-state index in [1.165, 1.54) is 16.2 Å². The lowest BCUT2D eigenvalue weighted by Gasteiger charge is -2.28. The predicted molar refractivity (Wildman–Crippen MR) is 113 cm³/mol. The molecule has 1 aliphatic heterocycles. The Kier molecular flexibility index (Phi) is 5.77. The monoisotopic (exact) mass is 413 g/mol. The van der Waals surface area contributed by atoms with Crippen LogP contribution in [-0.4, -0.2) is 66.0 Å². The van der Waals surface area contributed by atoms with Gasteiger partial charge in [-0.15, -0.1) is 11.3 Å². The van der Waals surface area contributed by atoms with Crippen LogP contribution < -0.4 is 10.2 Å². The summed E-state index contributed by atoms with van der Waals surface area (Å²) in [5.74, 6) is -0.376. The first-order valence-corrected chi connectivity index (χ1v) is 10.3. The Balaban J connectivity index is 1.27. The summed E-state index contributed by atoms with van der Waals surface area (Å²) in [6.07, 6.45) is 3.92. The molecule has 1 N–H and O–H groups in total. The van der Waals surface area contributed by atoms with Crippen LogP contribution in [0.1, 0.15) is 5.69 Å². The number of likely N-dealkylation sites (N-methyl/N-ethyl adjacent to an activating group) is 1. The first-order chi connectivity index (χ1) is 14.1. The Labute approximate surface area is 172 Å². The number of hydrogen-bond acceptors (Lipinski definition) is 6. The van der Waals surface area contributed by atoms with Crippen molar-refractivity contribution in [2.45, 2.75) is 6.42 Å². The third-order valence-electron chi connectivity index (χ3n) is 4.81. The number of carbonyl (C=O) groups is 2. The van der Waals surface area contributed by atoms with E-state index in [0.29, 0.717) is 11.4 Å². The molecule has 9 heteroatoms. The maximum absolute atomic E-state index is 12.4. The number of benzene rings is 1. The SMILES string of the molecule is CN(CC(=O)Nc1ccc(N2CCOCC2)cc1)C(=O)Cc1cn2ccsc2n1. The van der Waals surface area contributed by atoms with Crippen molar-refractivity contribution < 1.29 is 14.3 Å². The fourth-order valence-corrected chi connectivity index (χ4v) is 3.95. The third kappa shape index (κ3) is 4.75.